The molecule has 0 atom stereocenters. The van der Waals surface area contributed by atoms with Gasteiger partial charge in [0.05, 0.1) is 12.8 Å². The van der Waals surface area contributed by atoms with Crippen molar-refractivity contribution in [3.8, 4) is 0 Å². The predicted octanol–water partition coefficient (Wildman–Crippen LogP) is 0.412. The van der Waals surface area contributed by atoms with Crippen molar-refractivity contribution in [1.29, 1.82) is 0 Å². The minimum Gasteiger partial charge on any atom is -0.491 e. The molecule has 3 nitrogen and oxygen atoms in total. The Bertz CT molecular complexity index is 145. The first-order valence-corrected chi connectivity index (χ1v) is 2.61. The van der Waals surface area contributed by atoms with Crippen LogP contribution >= 0.6 is 0 Å². The molecule has 0 aromatic carbocycles. The zero-order chi connectivity index (χ0) is 7.44. The van der Waals surface area contributed by atoms with Crippen molar-refractivity contribution in [2.75, 3.05) is 7.11 Å². The Hall–Kier alpha value is -0.990. The van der Waals surface area contributed by atoms with E-state index >= 15 is 0 Å². The molecule has 0 amide bonds. The molecule has 0 heterocycles. The molecule has 0 aliphatic carbocycles. The van der Waals surface area contributed by atoms with E-state index in [2.05, 4.69) is 4.74 Å². The summed E-state index contributed by atoms with van der Waals surface area (Å²) < 4.78 is 4.68. The molecule has 0 fully saturated rings. The summed E-state index contributed by atoms with van der Waals surface area (Å²) in [5.41, 5.74) is 5.70. The van der Waals surface area contributed by atoms with Crippen molar-refractivity contribution in [2.45, 2.75) is 13.8 Å². The molecule has 0 aromatic rings. The monoisotopic (exact) mass is 129 g/mol. The molecular formula is C6H11NO2. The molecule has 0 saturated carbocycles. The third-order valence-corrected chi connectivity index (χ3v) is 0.882. The van der Waals surface area contributed by atoms with Gasteiger partial charge in [0.2, 0.25) is 0 Å². The van der Waals surface area contributed by atoms with Gasteiger partial charge < -0.3 is 10.5 Å². The maximum absolute atomic E-state index is 10.6. The van der Waals surface area contributed by atoms with Crippen molar-refractivity contribution >= 4 is 5.78 Å². The topological polar surface area (TPSA) is 52.3 Å². The average Bonchev–Trinajstić information content (AvgIpc) is 1.64. The van der Waals surface area contributed by atoms with E-state index in [0.29, 0.717) is 5.70 Å². The van der Waals surface area contributed by atoms with Gasteiger partial charge >= 0.3 is 0 Å². The summed E-state index contributed by atoms with van der Waals surface area (Å²) in [6, 6.07) is 0. The summed E-state index contributed by atoms with van der Waals surface area (Å²) in [5.74, 6) is 0.104. The van der Waals surface area contributed by atoms with Crippen LogP contribution in [0.3, 0.4) is 0 Å². The second-order valence-electron chi connectivity index (χ2n) is 1.77. The minimum absolute atomic E-state index is 0.141. The second-order valence-corrected chi connectivity index (χ2v) is 1.77. The van der Waals surface area contributed by atoms with Crippen LogP contribution in [0.5, 0.6) is 0 Å². The van der Waals surface area contributed by atoms with Gasteiger partial charge in [0.1, 0.15) is 0 Å². The van der Waals surface area contributed by atoms with Crippen molar-refractivity contribution < 1.29 is 9.53 Å². The maximum atomic E-state index is 10.6. The smallest absolute Gasteiger partial charge is 0.196 e. The van der Waals surface area contributed by atoms with Crippen LogP contribution in [0.2, 0.25) is 0 Å². The Labute approximate surface area is 54.5 Å². The van der Waals surface area contributed by atoms with E-state index in [1.54, 1.807) is 6.92 Å². The highest BCUT2D eigenvalue weighted by molar-refractivity contribution is 5.91. The Morgan fingerprint density at radius 1 is 1.44 bits per heavy atom. The predicted molar refractivity (Wildman–Crippen MR) is 34.6 cm³/mol. The molecule has 9 heavy (non-hydrogen) atoms. The quantitative estimate of drug-likeness (QED) is 0.434. The van der Waals surface area contributed by atoms with E-state index in [9.17, 15) is 4.79 Å². The number of hydrogen-bond donors (Lipinski definition) is 1. The summed E-state index contributed by atoms with van der Waals surface area (Å²) in [5, 5.41) is 0. The van der Waals surface area contributed by atoms with E-state index in [1.807, 2.05) is 0 Å². The highest BCUT2D eigenvalue weighted by Crippen LogP contribution is 1.99. The van der Waals surface area contributed by atoms with Gasteiger partial charge in [-0.15, -0.1) is 0 Å². The molecule has 3 heteroatoms. The first kappa shape index (κ1) is 8.01. The highest BCUT2D eigenvalue weighted by atomic mass is 16.5. The summed E-state index contributed by atoms with van der Waals surface area (Å²) in [7, 11) is 1.42. The minimum atomic E-state index is -0.141. The molecule has 0 radical (unpaired) electrons. The fraction of sp³-hybridized carbons (Fsp3) is 0.500. The van der Waals surface area contributed by atoms with E-state index in [1.165, 1.54) is 14.0 Å². The number of ketones is 1. The first-order valence-electron chi connectivity index (χ1n) is 2.61. The van der Waals surface area contributed by atoms with E-state index < -0.39 is 0 Å². The highest BCUT2D eigenvalue weighted by Gasteiger charge is 2.03. The maximum Gasteiger partial charge on any atom is 0.196 e. The Kier molecular flexibility index (Phi) is 2.78. The lowest BCUT2D eigenvalue weighted by Crippen LogP contribution is -2.07. The Morgan fingerprint density at radius 3 is 1.89 bits per heavy atom. The molecule has 0 spiro atoms. The number of nitrogens with two attached hydrogens (primary N) is 1. The number of Topliss-reactive ketones (excluding diaryl/α,β-unsaturated/α-hetero) is 1. The van der Waals surface area contributed by atoms with Gasteiger partial charge in [-0.1, -0.05) is 0 Å². The van der Waals surface area contributed by atoms with E-state index in [-0.39, 0.29) is 11.5 Å². The lowest BCUT2D eigenvalue weighted by atomic mass is 10.3. The Morgan fingerprint density at radius 2 is 1.89 bits per heavy atom. The van der Waals surface area contributed by atoms with Crippen LogP contribution in [-0.4, -0.2) is 12.9 Å². The van der Waals surface area contributed by atoms with Crippen molar-refractivity contribution in [1.82, 2.24) is 0 Å². The van der Waals surface area contributed by atoms with Crippen LogP contribution in [-0.2, 0) is 9.53 Å². The summed E-state index contributed by atoms with van der Waals surface area (Å²) in [6.45, 7) is 3.04. The summed E-state index contributed by atoms with van der Waals surface area (Å²) in [6.07, 6.45) is 0. The lowest BCUT2D eigenvalue weighted by molar-refractivity contribution is -0.116. The standard InChI is InChI=1S/C6H11NO2/c1-4(7)6(9-3)5(2)8/h7H2,1-3H3/b6-4+. The molecule has 2 N–H and O–H groups in total. The molecule has 0 aliphatic rings. The number of rotatable bonds is 2. The molecule has 0 saturated heterocycles. The molecule has 0 aromatic heterocycles. The number of carbonyl (C=O) groups is 1. The summed E-state index contributed by atoms with van der Waals surface area (Å²) >= 11 is 0. The van der Waals surface area contributed by atoms with Gasteiger partial charge in [-0.3, -0.25) is 4.79 Å². The molecule has 0 bridgehead atoms. The third-order valence-electron chi connectivity index (χ3n) is 0.882. The number of carbonyl (C=O) groups excluding carboxylic acids is 1. The number of hydrogen-bond acceptors (Lipinski definition) is 3. The molecule has 0 rings (SSSR count). The lowest BCUT2D eigenvalue weighted by Gasteiger charge is -2.01. The largest absolute Gasteiger partial charge is 0.491 e. The van der Waals surface area contributed by atoms with Crippen molar-refractivity contribution in [2.24, 2.45) is 5.73 Å². The zero-order valence-electron chi connectivity index (χ0n) is 5.89. The van der Waals surface area contributed by atoms with Crippen LogP contribution in [0.15, 0.2) is 11.5 Å². The van der Waals surface area contributed by atoms with Crippen molar-refractivity contribution in [3.05, 3.63) is 11.5 Å². The van der Waals surface area contributed by atoms with Gasteiger partial charge in [-0.2, -0.15) is 0 Å². The van der Waals surface area contributed by atoms with Crippen molar-refractivity contribution in [3.63, 3.8) is 0 Å². The third kappa shape index (κ3) is 2.17. The van der Waals surface area contributed by atoms with Gasteiger partial charge in [0.15, 0.2) is 11.5 Å². The van der Waals surface area contributed by atoms with Crippen LogP contribution in [0.25, 0.3) is 0 Å². The van der Waals surface area contributed by atoms with Gasteiger partial charge in [0.25, 0.3) is 0 Å². The number of ether oxygens (including phenoxy) is 1. The SMILES string of the molecule is CO/C(C(C)=O)=C(\C)N. The fourth-order valence-electron chi connectivity index (χ4n) is 0.582. The second kappa shape index (κ2) is 3.12. The zero-order valence-corrected chi connectivity index (χ0v) is 5.89. The van der Waals surface area contributed by atoms with E-state index in [0.717, 1.165) is 0 Å². The fourth-order valence-corrected chi connectivity index (χ4v) is 0.582. The molecule has 0 unspecified atom stereocenters. The van der Waals surface area contributed by atoms with Crippen LogP contribution in [0.1, 0.15) is 13.8 Å². The van der Waals surface area contributed by atoms with Gasteiger partial charge in [-0.05, 0) is 6.92 Å². The average molecular weight is 129 g/mol. The van der Waals surface area contributed by atoms with Crippen LogP contribution < -0.4 is 5.73 Å². The first-order chi connectivity index (χ1) is 4.09. The van der Waals surface area contributed by atoms with Crippen LogP contribution in [0.4, 0.5) is 0 Å². The van der Waals surface area contributed by atoms with E-state index in [4.69, 9.17) is 5.73 Å². The van der Waals surface area contributed by atoms with Gasteiger partial charge in [0, 0.05) is 6.92 Å². The van der Waals surface area contributed by atoms with Gasteiger partial charge in [-0.25, -0.2) is 0 Å². The normalized spacial score (nSPS) is 12.3. The number of methoxy groups -OCH3 is 1. The number of allylic oxidation sites excluding steroid dienone is 2. The van der Waals surface area contributed by atoms with Crippen LogP contribution in [0, 0.1) is 0 Å². The molecule has 52 valence electrons. The Balaban J connectivity index is 4.35. The molecule has 0 aliphatic heterocycles. The molecular weight excluding hydrogens is 118 g/mol. The summed E-state index contributed by atoms with van der Waals surface area (Å²) in [4.78, 5) is 10.6.